The zero-order chi connectivity index (χ0) is 34.3. The minimum atomic E-state index is -1.76. The molecule has 1 heterocycles. The summed E-state index contributed by atoms with van der Waals surface area (Å²) in [5.41, 5.74) is -1.75. The first-order valence-electron chi connectivity index (χ1n) is 16.1. The monoisotopic (exact) mass is 646 g/mol. The molecular formula is C35H50O11. The summed E-state index contributed by atoms with van der Waals surface area (Å²) in [6.07, 6.45) is -5.51. The van der Waals surface area contributed by atoms with Gasteiger partial charge in [-0.1, -0.05) is 38.2 Å². The van der Waals surface area contributed by atoms with Crippen LogP contribution in [0, 0.1) is 29.6 Å². The fraction of sp³-hybridized carbons (Fsp3) is 0.686. The Balaban J connectivity index is 1.55. The summed E-state index contributed by atoms with van der Waals surface area (Å²) >= 11 is 0. The van der Waals surface area contributed by atoms with E-state index in [9.17, 15) is 45.6 Å². The molecule has 1 aromatic carbocycles. The number of rotatable bonds is 7. The molecule has 0 radical (unpaired) electrons. The number of phenols is 1. The first-order chi connectivity index (χ1) is 21.3. The Kier molecular flexibility index (Phi) is 8.87. The van der Waals surface area contributed by atoms with Gasteiger partial charge in [0.05, 0.1) is 23.7 Å². The highest BCUT2D eigenvalue weighted by atomic mass is 16.7. The fourth-order valence-corrected chi connectivity index (χ4v) is 9.65. The first kappa shape index (κ1) is 35.0. The molecule has 13 atom stereocenters. The molecule has 256 valence electrons. The van der Waals surface area contributed by atoms with Crippen LogP contribution in [0.3, 0.4) is 0 Å². The van der Waals surface area contributed by atoms with Crippen LogP contribution in [0.2, 0.25) is 0 Å². The first-order valence-corrected chi connectivity index (χ1v) is 16.1. The standard InChI is InChI=1S/C35H50O11/c1-16(2)8-11-24(38)35(7,44)30-20(37)13-32(4)23-10-9-18-17(3)26(40)21(12-19(18)34(23,6)25(39)14-33(30,32)5)45-31-29(43)28(42)27(41)22(15-36)46-31/h8,11-12,20,22-24,27-31,36-38,40-44H,1,9-10,13-15H2,2-7H3/t20-,22?,23+,24?,27?,28?,29?,30+,31?,32+,33-,34+,35+/m1/s1. The molecule has 1 saturated heterocycles. The van der Waals surface area contributed by atoms with Crippen molar-refractivity contribution in [2.24, 2.45) is 22.7 Å². The SMILES string of the molecule is C=C(C)C=CC(O)[C@](C)(O)[C@H]1[C@H](O)C[C@@]2(C)[C@@H]3CCc4c(cc(OC5OC(CO)C(O)C(O)C5O)c(O)c4C)[C@]3(C)C(=O)C[C@]12C. The molecule has 1 aromatic rings. The molecule has 4 aliphatic rings. The summed E-state index contributed by atoms with van der Waals surface area (Å²) in [7, 11) is 0. The third kappa shape index (κ3) is 4.89. The molecule has 6 unspecified atom stereocenters. The highest BCUT2D eigenvalue weighted by molar-refractivity contribution is 5.93. The zero-order valence-corrected chi connectivity index (χ0v) is 27.5. The molecular weight excluding hydrogens is 596 g/mol. The molecule has 0 bridgehead atoms. The highest BCUT2D eigenvalue weighted by Gasteiger charge is 2.73. The molecule has 5 rings (SSSR count). The van der Waals surface area contributed by atoms with Gasteiger partial charge in [0.25, 0.3) is 0 Å². The van der Waals surface area contributed by atoms with Crippen molar-refractivity contribution in [3.05, 3.63) is 47.1 Å². The Morgan fingerprint density at radius 2 is 1.83 bits per heavy atom. The van der Waals surface area contributed by atoms with Crippen molar-refractivity contribution >= 4 is 5.78 Å². The third-order valence-corrected chi connectivity index (χ3v) is 12.3. The largest absolute Gasteiger partial charge is 0.504 e. The lowest BCUT2D eigenvalue weighted by Crippen LogP contribution is -2.64. The van der Waals surface area contributed by atoms with Gasteiger partial charge in [-0.3, -0.25) is 4.79 Å². The normalized spacial score (nSPS) is 42.6. The van der Waals surface area contributed by atoms with E-state index >= 15 is 0 Å². The number of fused-ring (bicyclic) bond motifs is 5. The van der Waals surface area contributed by atoms with Gasteiger partial charge in [-0.05, 0) is 86.5 Å². The van der Waals surface area contributed by atoms with E-state index in [2.05, 4.69) is 13.5 Å². The lowest BCUT2D eigenvalue weighted by molar-refractivity contribution is -0.277. The number of Topliss-reactive ketones (excluding diaryl/α,β-unsaturated/α-hetero) is 1. The maximum atomic E-state index is 14.6. The van der Waals surface area contributed by atoms with Gasteiger partial charge in [-0.15, -0.1) is 0 Å². The maximum absolute atomic E-state index is 14.6. The Labute approximate surface area is 269 Å². The van der Waals surface area contributed by atoms with Crippen LogP contribution in [0.4, 0.5) is 0 Å². The number of carbonyl (C=O) groups excluding carboxylic acids is 1. The van der Waals surface area contributed by atoms with Crippen LogP contribution in [0.1, 0.15) is 70.6 Å². The number of carbonyl (C=O) groups is 1. The van der Waals surface area contributed by atoms with Crippen molar-refractivity contribution in [2.75, 3.05) is 6.61 Å². The molecule has 3 fully saturated rings. The Morgan fingerprint density at radius 3 is 2.43 bits per heavy atom. The highest BCUT2D eigenvalue weighted by Crippen LogP contribution is 2.72. The van der Waals surface area contributed by atoms with E-state index < -0.39 is 77.3 Å². The Morgan fingerprint density at radius 1 is 1.17 bits per heavy atom. The summed E-state index contributed by atoms with van der Waals surface area (Å²) in [4.78, 5) is 14.6. The Bertz CT molecular complexity index is 1420. The molecule has 2 saturated carbocycles. The van der Waals surface area contributed by atoms with Gasteiger partial charge < -0.3 is 50.3 Å². The fourth-order valence-electron chi connectivity index (χ4n) is 9.65. The second-order valence-corrected chi connectivity index (χ2v) is 15.0. The molecule has 0 spiro atoms. The molecule has 8 N–H and O–H groups in total. The number of allylic oxidation sites excluding steroid dienone is 2. The predicted molar refractivity (Wildman–Crippen MR) is 167 cm³/mol. The number of phenolic OH excluding ortho intramolecular Hbond substituents is 1. The minimum absolute atomic E-state index is 0.0214. The molecule has 1 aliphatic heterocycles. The van der Waals surface area contributed by atoms with Crippen molar-refractivity contribution in [1.29, 1.82) is 0 Å². The summed E-state index contributed by atoms with van der Waals surface area (Å²) in [6, 6.07) is 1.57. The number of benzene rings is 1. The number of aliphatic hydroxyl groups excluding tert-OH is 6. The van der Waals surface area contributed by atoms with E-state index in [0.29, 0.717) is 36.0 Å². The van der Waals surface area contributed by atoms with E-state index in [1.807, 2.05) is 13.8 Å². The molecule has 11 heteroatoms. The van der Waals surface area contributed by atoms with Crippen LogP contribution in [-0.4, -0.2) is 102 Å². The van der Waals surface area contributed by atoms with Crippen LogP contribution in [0.5, 0.6) is 11.5 Å². The van der Waals surface area contributed by atoms with Crippen LogP contribution < -0.4 is 4.74 Å². The minimum Gasteiger partial charge on any atom is -0.504 e. The summed E-state index contributed by atoms with van der Waals surface area (Å²) < 4.78 is 11.4. The van der Waals surface area contributed by atoms with Gasteiger partial charge in [0.1, 0.15) is 36.3 Å². The lowest BCUT2D eigenvalue weighted by atomic mass is 9.41. The van der Waals surface area contributed by atoms with Gasteiger partial charge in [-0.25, -0.2) is 0 Å². The second-order valence-electron chi connectivity index (χ2n) is 15.0. The molecule has 3 aliphatic carbocycles. The molecule has 11 nitrogen and oxygen atoms in total. The average Bonchev–Trinajstić information content (AvgIpc) is 3.19. The van der Waals surface area contributed by atoms with Crippen molar-refractivity contribution in [3.8, 4) is 11.5 Å². The quantitative estimate of drug-likeness (QED) is 0.199. The number of ether oxygens (including phenoxy) is 2. The summed E-state index contributed by atoms with van der Waals surface area (Å²) in [5.74, 6) is -1.53. The van der Waals surface area contributed by atoms with Crippen molar-refractivity contribution in [2.45, 2.75) is 121 Å². The molecule has 46 heavy (non-hydrogen) atoms. The number of hydrogen-bond donors (Lipinski definition) is 8. The topological polar surface area (TPSA) is 197 Å². The van der Waals surface area contributed by atoms with E-state index in [1.165, 1.54) is 13.0 Å². The van der Waals surface area contributed by atoms with E-state index in [-0.39, 0.29) is 29.6 Å². The summed E-state index contributed by atoms with van der Waals surface area (Å²) in [5, 5.41) is 86.4. The number of aromatic hydroxyl groups is 1. The van der Waals surface area contributed by atoms with Gasteiger partial charge >= 0.3 is 0 Å². The van der Waals surface area contributed by atoms with Crippen molar-refractivity contribution < 1.29 is 55.1 Å². The van der Waals surface area contributed by atoms with Crippen LogP contribution in [-0.2, 0) is 21.4 Å². The van der Waals surface area contributed by atoms with Gasteiger partial charge in [0.2, 0.25) is 6.29 Å². The Hall–Kier alpha value is -2.35. The molecule has 0 aromatic heterocycles. The smallest absolute Gasteiger partial charge is 0.229 e. The van der Waals surface area contributed by atoms with Gasteiger partial charge in [0, 0.05) is 12.3 Å². The average molecular weight is 647 g/mol. The van der Waals surface area contributed by atoms with Crippen LogP contribution >= 0.6 is 0 Å². The van der Waals surface area contributed by atoms with E-state index in [4.69, 9.17) is 9.47 Å². The second kappa shape index (κ2) is 11.7. The van der Waals surface area contributed by atoms with Crippen molar-refractivity contribution in [3.63, 3.8) is 0 Å². The predicted octanol–water partition coefficient (Wildman–Crippen LogP) is 1.31. The summed E-state index contributed by atoms with van der Waals surface area (Å²) in [6.45, 7) is 14.0. The van der Waals surface area contributed by atoms with Crippen molar-refractivity contribution in [1.82, 2.24) is 0 Å². The van der Waals surface area contributed by atoms with Gasteiger partial charge in [-0.2, -0.15) is 0 Å². The van der Waals surface area contributed by atoms with E-state index in [0.717, 1.165) is 5.56 Å². The van der Waals surface area contributed by atoms with Crippen LogP contribution in [0.25, 0.3) is 0 Å². The van der Waals surface area contributed by atoms with Gasteiger partial charge in [0.15, 0.2) is 11.5 Å². The maximum Gasteiger partial charge on any atom is 0.229 e. The molecule has 0 amide bonds. The zero-order valence-electron chi connectivity index (χ0n) is 27.5. The number of aliphatic hydroxyl groups is 7. The lowest BCUT2D eigenvalue weighted by Gasteiger charge is -2.62. The number of hydrogen-bond acceptors (Lipinski definition) is 11. The van der Waals surface area contributed by atoms with Crippen LogP contribution in [0.15, 0.2) is 30.4 Å². The van der Waals surface area contributed by atoms with E-state index in [1.54, 1.807) is 26.0 Å². The number of ketones is 1. The third-order valence-electron chi connectivity index (χ3n) is 12.3.